The van der Waals surface area contributed by atoms with Crippen LogP contribution in [0, 0.1) is 0 Å². The van der Waals surface area contributed by atoms with Crippen molar-refractivity contribution in [2.24, 2.45) is 0 Å². The van der Waals surface area contributed by atoms with E-state index >= 15 is 0 Å². The summed E-state index contributed by atoms with van der Waals surface area (Å²) in [7, 11) is 1.49. The number of phosphoric ester groups is 1. The van der Waals surface area contributed by atoms with Crippen LogP contribution in [0.4, 0.5) is 0 Å². The second kappa shape index (κ2) is 40.6. The van der Waals surface area contributed by atoms with Crippen molar-refractivity contribution in [1.29, 1.82) is 0 Å². The lowest BCUT2D eigenvalue weighted by atomic mass is 10.1. The molecule has 0 fully saturated rings. The highest BCUT2D eigenvalue weighted by Gasteiger charge is 2.27. The first-order valence-electron chi connectivity index (χ1n) is 22.8. The van der Waals surface area contributed by atoms with Crippen LogP contribution in [0.2, 0.25) is 0 Å². The highest BCUT2D eigenvalue weighted by Crippen LogP contribution is 2.43. The van der Waals surface area contributed by atoms with E-state index < -0.39 is 20.0 Å². The Morgan fingerprint density at radius 1 is 0.593 bits per heavy atom. The number of amides is 1. The number of quaternary nitrogens is 1. The summed E-state index contributed by atoms with van der Waals surface area (Å²) in [5.74, 6) is -0.239. The molecule has 0 radical (unpaired) electrons. The highest BCUT2D eigenvalue weighted by molar-refractivity contribution is 7.47. The Morgan fingerprint density at radius 3 is 1.56 bits per heavy atom. The van der Waals surface area contributed by atoms with E-state index in [0.717, 1.165) is 77.0 Å². The third-order valence-corrected chi connectivity index (χ3v) is 10.2. The molecule has 9 heteroatoms. The molecule has 0 heterocycles. The molecule has 0 aromatic carbocycles. The largest absolute Gasteiger partial charge is 0.472 e. The number of nitrogens with one attached hydrogen (secondary N) is 1. The Kier molecular flexibility index (Phi) is 38.6. The monoisotopic (exact) mass is 842 g/mol. The van der Waals surface area contributed by atoms with E-state index in [1.54, 1.807) is 6.08 Å². The van der Waals surface area contributed by atoms with Crippen molar-refractivity contribution >= 4 is 13.7 Å². The minimum atomic E-state index is -4.37. The van der Waals surface area contributed by atoms with E-state index in [9.17, 15) is 19.4 Å². The first kappa shape index (κ1) is 56.2. The van der Waals surface area contributed by atoms with Gasteiger partial charge in [0.2, 0.25) is 5.91 Å². The smallest absolute Gasteiger partial charge is 0.387 e. The topological polar surface area (TPSA) is 105 Å². The van der Waals surface area contributed by atoms with Gasteiger partial charge in [-0.2, -0.15) is 0 Å². The maximum absolute atomic E-state index is 12.9. The Morgan fingerprint density at radius 2 is 1.03 bits per heavy atom. The summed E-state index contributed by atoms with van der Waals surface area (Å²) in [6.07, 6.45) is 58.8. The Hall–Kier alpha value is -2.84. The number of unbranched alkanes of at least 4 members (excludes halogenated alkanes) is 10. The molecule has 8 nitrogen and oxygen atoms in total. The summed E-state index contributed by atoms with van der Waals surface area (Å²) in [4.78, 5) is 23.1. The van der Waals surface area contributed by atoms with E-state index in [2.05, 4.69) is 116 Å². The number of carbonyl (C=O) groups excluding carboxylic acids is 1. The summed E-state index contributed by atoms with van der Waals surface area (Å²) >= 11 is 0. The predicted octanol–water partition coefficient (Wildman–Crippen LogP) is 12.9. The van der Waals surface area contributed by atoms with Crippen LogP contribution < -0.4 is 5.32 Å². The van der Waals surface area contributed by atoms with Gasteiger partial charge >= 0.3 is 7.82 Å². The molecule has 0 saturated carbocycles. The second-order valence-corrected chi connectivity index (χ2v) is 17.5. The van der Waals surface area contributed by atoms with Crippen LogP contribution in [0.3, 0.4) is 0 Å². The molecular formula is C50H86N2O6P+. The molecule has 0 rings (SSSR count). The molecule has 3 atom stereocenters. The summed E-state index contributed by atoms with van der Waals surface area (Å²) in [6, 6.07) is -0.900. The number of allylic oxidation sites excluding steroid dienone is 17. The molecule has 0 aliphatic rings. The van der Waals surface area contributed by atoms with Gasteiger partial charge in [-0.05, 0) is 96.3 Å². The van der Waals surface area contributed by atoms with Gasteiger partial charge in [0.25, 0.3) is 0 Å². The van der Waals surface area contributed by atoms with Gasteiger partial charge in [-0.25, -0.2) is 4.57 Å². The highest BCUT2D eigenvalue weighted by atomic mass is 31.2. The van der Waals surface area contributed by atoms with E-state index in [1.165, 1.54) is 44.9 Å². The average molecular weight is 842 g/mol. The zero-order valence-corrected chi connectivity index (χ0v) is 38.8. The summed E-state index contributed by atoms with van der Waals surface area (Å²) < 4.78 is 23.5. The van der Waals surface area contributed by atoms with Gasteiger partial charge in [0.15, 0.2) is 0 Å². The van der Waals surface area contributed by atoms with Gasteiger partial charge < -0.3 is 19.8 Å². The quantitative estimate of drug-likeness (QED) is 0.0246. The van der Waals surface area contributed by atoms with Crippen molar-refractivity contribution in [3.63, 3.8) is 0 Å². The maximum Gasteiger partial charge on any atom is 0.472 e. The third kappa shape index (κ3) is 43.1. The van der Waals surface area contributed by atoms with E-state index in [4.69, 9.17) is 9.05 Å². The van der Waals surface area contributed by atoms with Gasteiger partial charge in [0.1, 0.15) is 13.2 Å². The van der Waals surface area contributed by atoms with Crippen LogP contribution in [-0.2, 0) is 18.4 Å². The number of aliphatic hydroxyl groups excluding tert-OH is 1. The molecule has 0 aromatic rings. The van der Waals surface area contributed by atoms with Gasteiger partial charge in [-0.1, -0.05) is 155 Å². The Balaban J connectivity index is 4.60. The number of rotatable bonds is 39. The summed E-state index contributed by atoms with van der Waals surface area (Å²) in [5.41, 5.74) is 0. The zero-order chi connectivity index (χ0) is 43.6. The molecule has 3 N–H and O–H groups in total. The normalized spacial score (nSPS) is 15.3. The van der Waals surface area contributed by atoms with Crippen molar-refractivity contribution < 1.29 is 32.9 Å². The van der Waals surface area contributed by atoms with Gasteiger partial charge in [0, 0.05) is 6.42 Å². The molecule has 0 saturated heterocycles. The number of hydrogen-bond donors (Lipinski definition) is 3. The van der Waals surface area contributed by atoms with Crippen molar-refractivity contribution in [3.8, 4) is 0 Å². The Bertz CT molecular complexity index is 1320. The lowest BCUT2D eigenvalue weighted by molar-refractivity contribution is -0.870. The number of nitrogens with zero attached hydrogens (tertiary/aromatic N) is 1. The summed E-state index contributed by atoms with van der Waals surface area (Å²) in [5, 5.41) is 13.8. The number of phosphoric acid groups is 1. The van der Waals surface area contributed by atoms with Gasteiger partial charge in [-0.3, -0.25) is 13.8 Å². The first-order chi connectivity index (χ1) is 28.5. The molecule has 3 unspecified atom stereocenters. The second-order valence-electron chi connectivity index (χ2n) is 16.0. The lowest BCUT2D eigenvalue weighted by Crippen LogP contribution is -2.45. The molecule has 59 heavy (non-hydrogen) atoms. The van der Waals surface area contributed by atoms with Crippen molar-refractivity contribution in [3.05, 3.63) is 109 Å². The maximum atomic E-state index is 12.9. The molecular weight excluding hydrogens is 756 g/mol. The van der Waals surface area contributed by atoms with Gasteiger partial charge in [-0.15, -0.1) is 0 Å². The minimum Gasteiger partial charge on any atom is -0.387 e. The van der Waals surface area contributed by atoms with Crippen molar-refractivity contribution in [2.45, 2.75) is 161 Å². The van der Waals surface area contributed by atoms with E-state index in [0.29, 0.717) is 17.4 Å². The van der Waals surface area contributed by atoms with Crippen LogP contribution in [0.5, 0.6) is 0 Å². The number of likely N-dealkylation sites (N-methyl/N-ethyl adjacent to an activating group) is 1. The molecule has 0 bridgehead atoms. The average Bonchev–Trinajstić information content (AvgIpc) is 3.19. The van der Waals surface area contributed by atoms with Crippen molar-refractivity contribution in [2.75, 3.05) is 40.9 Å². The van der Waals surface area contributed by atoms with E-state index in [-0.39, 0.29) is 25.5 Å². The fraction of sp³-hybridized carbons (Fsp3) is 0.620. The zero-order valence-electron chi connectivity index (χ0n) is 37.9. The van der Waals surface area contributed by atoms with Crippen LogP contribution in [0.25, 0.3) is 0 Å². The molecule has 0 aliphatic heterocycles. The van der Waals surface area contributed by atoms with Crippen LogP contribution in [-0.4, -0.2) is 73.4 Å². The fourth-order valence-corrected chi connectivity index (χ4v) is 6.34. The lowest BCUT2D eigenvalue weighted by Gasteiger charge is -2.25. The molecule has 0 aliphatic carbocycles. The van der Waals surface area contributed by atoms with Crippen molar-refractivity contribution in [1.82, 2.24) is 5.32 Å². The third-order valence-electron chi connectivity index (χ3n) is 9.20. The van der Waals surface area contributed by atoms with Crippen LogP contribution in [0.1, 0.15) is 149 Å². The molecule has 1 amide bonds. The standard InChI is InChI=1S/C50H85N2O6P/c1-6-8-10-12-14-16-18-20-22-24-25-26-27-28-30-32-34-36-38-40-42-44-50(54)51-48(47-58-59(55,56)57-46-45-52(3,4)5)49(53)43-41-39-37-35-33-31-29-23-21-19-17-15-13-11-9-7-2/h8,10,14,16,20-23,25-26,28,30,33-36,41,43,48-49,53H,6-7,9,11-13,15,17-19,24,27,29,31-32,37-40,42,44-47H2,1-5H3,(H-,51,54,55,56)/p+1/b10-8-,16-14-,22-20-,23-21+,26-25-,30-28-,35-33+,36-34-,43-41+. The summed E-state index contributed by atoms with van der Waals surface area (Å²) in [6.45, 7) is 4.59. The molecule has 0 spiro atoms. The predicted molar refractivity (Wildman–Crippen MR) is 253 cm³/mol. The van der Waals surface area contributed by atoms with Gasteiger partial charge in [0.05, 0.1) is 39.9 Å². The van der Waals surface area contributed by atoms with Crippen LogP contribution >= 0.6 is 7.82 Å². The number of aliphatic hydroxyl groups is 1. The first-order valence-corrected chi connectivity index (χ1v) is 24.3. The minimum absolute atomic E-state index is 0.0382. The van der Waals surface area contributed by atoms with Crippen LogP contribution in [0.15, 0.2) is 109 Å². The number of carbonyl (C=O) groups is 1. The number of hydrogen-bond acceptors (Lipinski definition) is 5. The Labute approximate surface area is 361 Å². The van der Waals surface area contributed by atoms with E-state index in [1.807, 2.05) is 27.2 Å². The molecule has 336 valence electrons. The molecule has 0 aromatic heterocycles. The fourth-order valence-electron chi connectivity index (χ4n) is 5.60. The SMILES string of the molecule is CC/C=C\C/C=C\C/C=C\C/C=C\C/C=C\C/C=C\CCCCC(=O)NC(COP(=O)(O)OCC[N+](C)(C)C)C(O)/C=C/CC/C=C/CC/C=C/CCCCCCCC.